The number of ether oxygens (including phenoxy) is 5. The summed E-state index contributed by atoms with van der Waals surface area (Å²) in [5, 5.41) is 72.8. The second-order valence-electron chi connectivity index (χ2n) is 26.7. The molecule has 4 aromatic rings. The minimum atomic E-state index is -1.63. The Morgan fingerprint density at radius 1 is 0.489 bits per heavy atom. The average molecular weight is 1320 g/mol. The molecule has 5 fully saturated rings. The molecule has 0 saturated carbocycles. The van der Waals surface area contributed by atoms with E-state index in [-0.39, 0.29) is 0 Å². The maximum Gasteiger partial charge on any atom is 0.330 e. The highest BCUT2D eigenvalue weighted by Crippen LogP contribution is 2.50. The normalized spacial score (nSPS) is 32.8. The highest BCUT2D eigenvalue weighted by Gasteiger charge is 2.62. The Labute approximate surface area is 508 Å². The average Bonchev–Trinajstić information content (AvgIpc) is 1.61. The summed E-state index contributed by atoms with van der Waals surface area (Å²) in [5.41, 5.74) is -9.68. The molecule has 28 nitrogen and oxygen atoms in total. The summed E-state index contributed by atoms with van der Waals surface area (Å²) < 4.78 is 33.5. The number of hydrogen-bond donors (Lipinski definition) is 11. The first kappa shape index (κ1) is 72.5. The van der Waals surface area contributed by atoms with Crippen LogP contribution >= 0.6 is 27.5 Å². The fraction of sp³-hybridized carbons (Fsp3) is 0.643. The molecule has 2 bridgehead atoms. The highest BCUT2D eigenvalue weighted by atomic mass is 31.2. The van der Waals surface area contributed by atoms with Crippen LogP contribution < -0.4 is 45.0 Å². The third-order valence-corrected chi connectivity index (χ3v) is 21.8. The number of hydrogen-bond acceptors (Lipinski definition) is 20. The minimum Gasteiger partial charge on any atom is -0.387 e. The van der Waals surface area contributed by atoms with Crippen molar-refractivity contribution in [1.82, 2.24) is 38.2 Å². The summed E-state index contributed by atoms with van der Waals surface area (Å²) in [4.78, 5) is 101. The number of aromatic amines is 4. The molecule has 0 aliphatic carbocycles. The first-order valence-electron chi connectivity index (χ1n) is 28.4. The zero-order valence-corrected chi connectivity index (χ0v) is 55.3. The molecule has 0 amide bonds. The molecule has 11 N–H and O–H groups in total. The van der Waals surface area contributed by atoms with Crippen molar-refractivity contribution in [2.24, 2.45) is 0 Å². The third kappa shape index (κ3) is 17.5. The predicted octanol–water partition coefficient (Wildman–Crippen LogP) is -1.40. The van der Waals surface area contributed by atoms with Gasteiger partial charge >= 0.3 is 22.8 Å². The standard InChI is InChI=1S/C14H21N2O5P.3C14H23N2O5P/c1-22(2,3)7-5-14-8-20-10(11(14)18)12(21-14)16-6-4-9(17)15-13(16)19;2*1-14(20)11(18)9(6-8-22(2,3)4)21-12(14)16-7-5-10(17)15-13(16)19;1-14(6-8-22(2,3)4)11(19)10(18)12(21-14)16-7-5-9(17)15-13(16)20/h4,6,10-12,18H,1,5,7-8H2,2-3H3,(H,15,17,19);2*5,7,9,11-12,18,20H,2,6,8H2,1,3-4H3,(H,15,17,19);5,7,10-12,18-19H,2,6,8H2,1,3-4H3,(H,15,17,20)/t10-,11+,12?,14+;9-,11-,12?,14+;9-,11-,12?,14-;10-,11+,12?,14-/m1111/s1. The van der Waals surface area contributed by atoms with Gasteiger partial charge in [-0.1, -0.05) is 0 Å². The SMILES string of the molecule is C=P(C)(C)CC[C@@]1(C)OC(n2ccc(=O)[nH]c2=O)[C@H](O)[C@@H]1O.C=P(C)(C)CC[C@@]12CO[C@@H](C(n3ccc(=O)[nH]c3=O)O1)[C@@H]2O.C=P(C)(C)CC[C@H]1OC(n2ccc(=O)[nH]c2=O)[C@@](C)(O)[C@@H]1O.C=P(C)(C)CC[C@H]1OC(n2ccc(=O)[nH]c2=O)[C@](C)(O)[C@@H]1O. The predicted molar refractivity (Wildman–Crippen MR) is 347 cm³/mol. The first-order chi connectivity index (χ1) is 40.3. The van der Waals surface area contributed by atoms with Crippen LogP contribution in [0.15, 0.2) is 87.4 Å². The number of aromatic nitrogens is 8. The summed E-state index contributed by atoms with van der Waals surface area (Å²) in [6.45, 7) is 16.5. The molecule has 9 heterocycles. The van der Waals surface area contributed by atoms with Gasteiger partial charge in [-0.2, -0.15) is 0 Å². The summed E-state index contributed by atoms with van der Waals surface area (Å²) in [7, 11) is 0. The van der Waals surface area contributed by atoms with Crippen LogP contribution in [-0.2, 0) is 23.7 Å². The molecule has 5 aliphatic rings. The van der Waals surface area contributed by atoms with Crippen LogP contribution in [0.3, 0.4) is 0 Å². The lowest BCUT2D eigenvalue weighted by Crippen LogP contribution is -2.46. The Balaban J connectivity index is 0.000000187. The summed E-state index contributed by atoms with van der Waals surface area (Å²) in [6.07, 6.45) is 16.2. The molecule has 4 aromatic heterocycles. The second-order valence-corrected chi connectivity index (χ2v) is 44.0. The molecule has 4 unspecified atom stereocenters. The van der Waals surface area contributed by atoms with Gasteiger partial charge in [-0.05, 0) is 124 Å². The lowest BCUT2D eigenvalue weighted by molar-refractivity contribution is -0.175. The maximum atomic E-state index is 11.9. The van der Waals surface area contributed by atoms with E-state index in [1.807, 2.05) is 0 Å². The van der Waals surface area contributed by atoms with Crippen molar-refractivity contribution in [2.45, 2.75) is 143 Å². The molecule has 16 atom stereocenters. The van der Waals surface area contributed by atoms with Crippen LogP contribution in [-0.4, -0.2) is 255 Å². The summed E-state index contributed by atoms with van der Waals surface area (Å²) in [5.74, 6) is 0. The Bertz CT molecular complexity index is 3640. The molecular formula is C56H90N8O20P4. The van der Waals surface area contributed by atoms with Gasteiger partial charge in [-0.25, -0.2) is 19.2 Å². The number of rotatable bonds is 16. The van der Waals surface area contributed by atoms with Gasteiger partial charge < -0.3 is 59.4 Å². The molecule has 88 heavy (non-hydrogen) atoms. The number of H-pyrrole nitrogens is 4. The van der Waals surface area contributed by atoms with Gasteiger partial charge in [0, 0.05) is 49.1 Å². The van der Waals surface area contributed by atoms with Crippen LogP contribution in [0.25, 0.3) is 0 Å². The Morgan fingerprint density at radius 2 is 0.830 bits per heavy atom. The van der Waals surface area contributed by atoms with Crippen LogP contribution in [0.1, 0.15) is 71.4 Å². The van der Waals surface area contributed by atoms with E-state index in [1.165, 1.54) is 67.5 Å². The smallest absolute Gasteiger partial charge is 0.330 e. The fourth-order valence-electron chi connectivity index (χ4n) is 10.6. The van der Waals surface area contributed by atoms with Gasteiger partial charge in [0.05, 0.1) is 24.4 Å². The van der Waals surface area contributed by atoms with Crippen molar-refractivity contribution >= 4 is 52.7 Å². The summed E-state index contributed by atoms with van der Waals surface area (Å²) >= 11 is 0. The van der Waals surface area contributed by atoms with E-state index in [2.05, 4.69) is 98.5 Å². The monoisotopic (exact) mass is 1320 g/mol. The fourth-order valence-corrected chi connectivity index (χ4v) is 14.6. The zero-order valence-electron chi connectivity index (χ0n) is 51.8. The molecule has 9 rings (SSSR count). The summed E-state index contributed by atoms with van der Waals surface area (Å²) in [6, 6.07) is 4.76. The Kier molecular flexibility index (Phi) is 22.5. The van der Waals surface area contributed by atoms with Crippen molar-refractivity contribution in [2.75, 3.05) is 84.6 Å². The first-order valence-corrected chi connectivity index (χ1v) is 40.6. The zero-order chi connectivity index (χ0) is 66.2. The van der Waals surface area contributed by atoms with Gasteiger partial charge in [0.25, 0.3) is 22.2 Å². The van der Waals surface area contributed by atoms with E-state index in [4.69, 9.17) is 23.7 Å². The van der Waals surface area contributed by atoms with Gasteiger partial charge in [-0.3, -0.25) is 57.4 Å². The Hall–Kier alpha value is -4.56. The molecule has 0 radical (unpaired) electrons. The van der Waals surface area contributed by atoms with E-state index in [0.29, 0.717) is 32.3 Å². The van der Waals surface area contributed by atoms with Crippen molar-refractivity contribution in [3.63, 3.8) is 0 Å². The number of fused-ring (bicyclic) bond motifs is 2. The lowest BCUT2D eigenvalue weighted by Gasteiger charge is -2.32. The van der Waals surface area contributed by atoms with E-state index >= 15 is 0 Å². The van der Waals surface area contributed by atoms with Crippen molar-refractivity contribution in [3.05, 3.63) is 132 Å². The highest BCUT2D eigenvalue weighted by molar-refractivity contribution is 7.73. The van der Waals surface area contributed by atoms with Crippen molar-refractivity contribution in [1.29, 1.82) is 0 Å². The molecule has 0 aromatic carbocycles. The van der Waals surface area contributed by atoms with Crippen LogP contribution in [0.2, 0.25) is 0 Å². The number of nitrogens with zero attached hydrogens (tertiary/aromatic N) is 4. The molecular weight excluding hydrogens is 1230 g/mol. The van der Waals surface area contributed by atoms with Gasteiger partial charge in [0.1, 0.15) is 53.4 Å². The van der Waals surface area contributed by atoms with E-state index in [9.17, 15) is 74.1 Å². The lowest BCUT2D eigenvalue weighted by atomic mass is 9.95. The maximum absolute atomic E-state index is 11.9. The molecule has 32 heteroatoms. The quantitative estimate of drug-likeness (QED) is 0.0575. The van der Waals surface area contributed by atoms with Crippen LogP contribution in [0.5, 0.6) is 0 Å². The largest absolute Gasteiger partial charge is 0.387 e. The number of aliphatic hydroxyl groups excluding tert-OH is 5. The molecule has 494 valence electrons. The van der Waals surface area contributed by atoms with Gasteiger partial charge in [-0.15, -0.1) is 52.7 Å². The van der Waals surface area contributed by atoms with Gasteiger partial charge in [0.15, 0.2) is 24.9 Å². The topological polar surface area (TPSA) is 407 Å². The molecule has 0 spiro atoms. The van der Waals surface area contributed by atoms with E-state index in [0.717, 1.165) is 38.3 Å². The molecule has 5 aliphatic heterocycles. The van der Waals surface area contributed by atoms with Crippen LogP contribution in [0.4, 0.5) is 0 Å². The number of aliphatic hydroxyl groups is 7. The number of nitrogens with one attached hydrogen (secondary N) is 4. The van der Waals surface area contributed by atoms with Crippen molar-refractivity contribution in [3.8, 4) is 0 Å². The third-order valence-electron chi connectivity index (χ3n) is 16.0. The van der Waals surface area contributed by atoms with Gasteiger partial charge in [0.2, 0.25) is 0 Å². The van der Waals surface area contributed by atoms with E-state index in [1.54, 1.807) is 6.92 Å². The van der Waals surface area contributed by atoms with E-state index < -0.39 is 169 Å². The van der Waals surface area contributed by atoms with Crippen molar-refractivity contribution < 1.29 is 59.4 Å². The second kappa shape index (κ2) is 27.3. The Morgan fingerprint density at radius 3 is 1.18 bits per heavy atom. The minimum absolute atomic E-state index is 0.313. The van der Waals surface area contributed by atoms with Crippen LogP contribution in [0, 0.1) is 0 Å². The molecule has 5 saturated heterocycles.